The molecule has 0 atom stereocenters. The number of amides is 1. The maximum atomic E-state index is 10.2. The number of primary amides is 1. The fourth-order valence-corrected chi connectivity index (χ4v) is 1.22. The number of rotatable bonds is 0. The first-order valence-electron chi connectivity index (χ1n) is 3.02. The molecule has 0 aliphatic heterocycles. The second kappa shape index (κ2) is 3.56. The summed E-state index contributed by atoms with van der Waals surface area (Å²) in [5, 5.41) is 10.2. The normalized spacial score (nSPS) is 7.92. The number of hydrogen-bond acceptors (Lipinski definition) is 3. The van der Waals surface area contributed by atoms with Gasteiger partial charge in [-0.15, -0.1) is 11.3 Å². The molecule has 1 aromatic heterocycles. The van der Waals surface area contributed by atoms with E-state index in [1.807, 2.05) is 6.07 Å². The van der Waals surface area contributed by atoms with Crippen molar-refractivity contribution >= 4 is 17.2 Å². The lowest BCUT2D eigenvalue weighted by Gasteiger charge is -1.74. The van der Waals surface area contributed by atoms with E-state index >= 15 is 0 Å². The maximum absolute atomic E-state index is 10.2. The Labute approximate surface area is 73.4 Å². The molecule has 1 rings (SSSR count). The molecule has 0 fully saturated rings. The lowest BCUT2D eigenvalue weighted by molar-refractivity contribution is -0.112. The van der Waals surface area contributed by atoms with Gasteiger partial charge in [0.25, 0.3) is 5.91 Å². The van der Waals surface area contributed by atoms with Gasteiger partial charge in [0.1, 0.15) is 10.9 Å². The summed E-state index contributed by atoms with van der Waals surface area (Å²) < 4.78 is 0. The van der Waals surface area contributed by atoms with Crippen LogP contribution in [0.1, 0.15) is 10.4 Å². The van der Waals surface area contributed by atoms with E-state index in [1.165, 1.54) is 11.3 Å². The van der Waals surface area contributed by atoms with Crippen molar-refractivity contribution in [3.8, 4) is 17.9 Å². The molecule has 0 aliphatic rings. The first-order chi connectivity index (χ1) is 5.72. The Bertz CT molecular complexity index is 403. The van der Waals surface area contributed by atoms with Crippen molar-refractivity contribution in [2.24, 2.45) is 5.73 Å². The zero-order chi connectivity index (χ0) is 8.97. The van der Waals surface area contributed by atoms with E-state index in [0.29, 0.717) is 10.4 Å². The minimum atomic E-state index is -0.667. The van der Waals surface area contributed by atoms with Crippen LogP contribution < -0.4 is 5.73 Å². The molecule has 2 N–H and O–H groups in total. The van der Waals surface area contributed by atoms with Crippen LogP contribution in [0.3, 0.4) is 0 Å². The number of nitrogens with two attached hydrogens (primary N) is 1. The van der Waals surface area contributed by atoms with Crippen molar-refractivity contribution < 1.29 is 4.79 Å². The van der Waals surface area contributed by atoms with E-state index < -0.39 is 5.91 Å². The zero-order valence-corrected chi connectivity index (χ0v) is 6.81. The van der Waals surface area contributed by atoms with E-state index in [4.69, 9.17) is 11.0 Å². The second-order valence-corrected chi connectivity index (χ2v) is 2.84. The Morgan fingerprint density at radius 3 is 2.92 bits per heavy atom. The molecular weight excluding hydrogens is 172 g/mol. The van der Waals surface area contributed by atoms with Crippen LogP contribution >= 0.6 is 11.3 Å². The van der Waals surface area contributed by atoms with Crippen LogP contribution in [0, 0.1) is 23.2 Å². The number of thiophene rings is 1. The summed E-state index contributed by atoms with van der Waals surface area (Å²) in [5.74, 6) is 4.05. The molecule has 0 aromatic carbocycles. The van der Waals surface area contributed by atoms with Gasteiger partial charge in [-0.05, 0) is 6.07 Å². The Kier molecular flexibility index (Phi) is 2.47. The molecule has 0 spiro atoms. The molecule has 0 saturated carbocycles. The average molecular weight is 176 g/mol. The lowest BCUT2D eigenvalue weighted by Crippen LogP contribution is -2.05. The molecule has 4 heteroatoms. The zero-order valence-electron chi connectivity index (χ0n) is 6.00. The van der Waals surface area contributed by atoms with Crippen LogP contribution in [0.4, 0.5) is 0 Å². The van der Waals surface area contributed by atoms with Crippen molar-refractivity contribution in [2.45, 2.75) is 0 Å². The second-order valence-electron chi connectivity index (χ2n) is 1.93. The van der Waals surface area contributed by atoms with Gasteiger partial charge in [0, 0.05) is 16.9 Å². The van der Waals surface area contributed by atoms with Crippen LogP contribution in [-0.4, -0.2) is 5.91 Å². The standard InChI is InChI=1S/C8H4N2OS/c9-4-7-3-6(5-12-7)1-2-8(10)11/h3,5H,(H2,10,11). The number of nitrogens with zero attached hydrogens (tertiary/aromatic N) is 1. The van der Waals surface area contributed by atoms with Crippen LogP contribution in [0.5, 0.6) is 0 Å². The SMILES string of the molecule is N#Cc1cc(C#CC(N)=O)cs1. The van der Waals surface area contributed by atoms with Gasteiger partial charge in [-0.1, -0.05) is 5.92 Å². The lowest BCUT2D eigenvalue weighted by atomic mass is 10.3. The molecule has 0 bridgehead atoms. The van der Waals surface area contributed by atoms with Crippen LogP contribution in [-0.2, 0) is 4.79 Å². The van der Waals surface area contributed by atoms with Gasteiger partial charge in [0.15, 0.2) is 0 Å². The molecule has 0 radical (unpaired) electrons. The van der Waals surface area contributed by atoms with Gasteiger partial charge >= 0.3 is 0 Å². The highest BCUT2D eigenvalue weighted by Gasteiger charge is 1.94. The van der Waals surface area contributed by atoms with Gasteiger partial charge < -0.3 is 5.73 Å². The van der Waals surface area contributed by atoms with Crippen molar-refractivity contribution in [1.29, 1.82) is 5.26 Å². The van der Waals surface area contributed by atoms with Crippen molar-refractivity contribution in [3.05, 3.63) is 21.9 Å². The summed E-state index contributed by atoms with van der Waals surface area (Å²) in [6.07, 6.45) is 0. The van der Waals surface area contributed by atoms with Gasteiger partial charge in [-0.2, -0.15) is 5.26 Å². The Hall–Kier alpha value is -1.78. The van der Waals surface area contributed by atoms with E-state index in [-0.39, 0.29) is 0 Å². The number of carbonyl (C=O) groups is 1. The van der Waals surface area contributed by atoms with E-state index in [2.05, 4.69) is 11.8 Å². The Morgan fingerprint density at radius 1 is 1.67 bits per heavy atom. The van der Waals surface area contributed by atoms with Crippen LogP contribution in [0.25, 0.3) is 0 Å². The van der Waals surface area contributed by atoms with Crippen molar-refractivity contribution in [1.82, 2.24) is 0 Å². The summed E-state index contributed by atoms with van der Waals surface area (Å²) >= 11 is 1.29. The largest absolute Gasteiger partial charge is 0.359 e. The van der Waals surface area contributed by atoms with Gasteiger partial charge in [0.2, 0.25) is 0 Å². The fourth-order valence-electron chi connectivity index (χ4n) is 0.594. The summed E-state index contributed by atoms with van der Waals surface area (Å²) in [4.78, 5) is 10.8. The van der Waals surface area contributed by atoms with E-state index in [1.54, 1.807) is 11.4 Å². The minimum absolute atomic E-state index is 0.573. The predicted molar refractivity (Wildman–Crippen MR) is 45.1 cm³/mol. The quantitative estimate of drug-likeness (QED) is 0.583. The predicted octanol–water partition coefficient (Wildman–Crippen LogP) is 0.457. The number of hydrogen-bond donors (Lipinski definition) is 1. The van der Waals surface area contributed by atoms with Crippen molar-refractivity contribution in [3.63, 3.8) is 0 Å². The van der Waals surface area contributed by atoms with Gasteiger partial charge in [-0.25, -0.2) is 0 Å². The summed E-state index contributed by atoms with van der Waals surface area (Å²) in [7, 11) is 0. The molecule has 58 valence electrons. The van der Waals surface area contributed by atoms with Crippen LogP contribution in [0.2, 0.25) is 0 Å². The average Bonchev–Trinajstić information content (AvgIpc) is 2.48. The number of nitriles is 1. The van der Waals surface area contributed by atoms with E-state index in [0.717, 1.165) is 0 Å². The highest BCUT2D eigenvalue weighted by atomic mass is 32.1. The molecule has 12 heavy (non-hydrogen) atoms. The summed E-state index contributed by atoms with van der Waals surface area (Å²) in [5.41, 5.74) is 5.45. The topological polar surface area (TPSA) is 66.9 Å². The maximum Gasteiger partial charge on any atom is 0.293 e. The highest BCUT2D eigenvalue weighted by Crippen LogP contribution is 2.11. The molecule has 0 saturated heterocycles. The highest BCUT2D eigenvalue weighted by molar-refractivity contribution is 7.10. The van der Waals surface area contributed by atoms with Gasteiger partial charge in [-0.3, -0.25) is 4.79 Å². The monoisotopic (exact) mass is 176 g/mol. The van der Waals surface area contributed by atoms with Gasteiger partial charge in [0.05, 0.1) is 0 Å². The third kappa shape index (κ3) is 2.12. The first kappa shape index (κ1) is 8.32. The Morgan fingerprint density at radius 2 is 2.42 bits per heavy atom. The molecule has 3 nitrogen and oxygen atoms in total. The molecule has 1 heterocycles. The molecule has 1 aromatic rings. The third-order valence-electron chi connectivity index (χ3n) is 1.04. The van der Waals surface area contributed by atoms with Crippen molar-refractivity contribution in [2.75, 3.05) is 0 Å². The first-order valence-corrected chi connectivity index (χ1v) is 3.90. The molecule has 0 aliphatic carbocycles. The third-order valence-corrected chi connectivity index (χ3v) is 1.87. The fraction of sp³-hybridized carbons (Fsp3) is 0. The number of carbonyl (C=O) groups excluding carboxylic acids is 1. The smallest absolute Gasteiger partial charge is 0.293 e. The van der Waals surface area contributed by atoms with E-state index in [9.17, 15) is 4.79 Å². The molecule has 0 unspecified atom stereocenters. The summed E-state index contributed by atoms with van der Waals surface area (Å²) in [6, 6.07) is 3.58. The minimum Gasteiger partial charge on any atom is -0.359 e. The summed E-state index contributed by atoms with van der Waals surface area (Å²) in [6.45, 7) is 0. The molecule has 1 amide bonds. The molecular formula is C8H4N2OS. The Balaban J connectivity index is 2.88. The van der Waals surface area contributed by atoms with Crippen LogP contribution in [0.15, 0.2) is 11.4 Å².